The van der Waals surface area contributed by atoms with Gasteiger partial charge in [-0.2, -0.15) is 0 Å². The van der Waals surface area contributed by atoms with E-state index in [-0.39, 0.29) is 11.9 Å². The molecule has 3 heterocycles. The number of oxazole rings is 1. The number of amides is 1. The molecule has 2 aromatic heterocycles. The second-order valence-electron chi connectivity index (χ2n) is 6.76. The summed E-state index contributed by atoms with van der Waals surface area (Å²) in [6.07, 6.45) is 5.71. The Labute approximate surface area is 163 Å². The standard InChI is InChI=1S/C21H20ClN3O2/c1-14-6-4-10-23-19(14)21(26)25-11-5-9-18(25)20-24-13-16(27-20)12-15-7-2-3-8-17(15)22/h2-4,6-8,10,13,18H,5,9,11-12H2,1H3. The van der Waals surface area contributed by atoms with E-state index < -0.39 is 0 Å². The van der Waals surface area contributed by atoms with Crippen LogP contribution in [0.2, 0.25) is 5.02 Å². The number of pyridine rings is 1. The molecular formula is C21H20ClN3O2. The van der Waals surface area contributed by atoms with Crippen LogP contribution in [0.4, 0.5) is 0 Å². The van der Waals surface area contributed by atoms with Crippen LogP contribution >= 0.6 is 11.6 Å². The minimum atomic E-state index is -0.154. The summed E-state index contributed by atoms with van der Waals surface area (Å²) in [5, 5.41) is 0.707. The van der Waals surface area contributed by atoms with Gasteiger partial charge in [0, 0.05) is 24.2 Å². The molecule has 0 bridgehead atoms. The number of aromatic nitrogens is 2. The van der Waals surface area contributed by atoms with Gasteiger partial charge in [0.2, 0.25) is 5.89 Å². The van der Waals surface area contributed by atoms with E-state index in [9.17, 15) is 4.79 Å². The van der Waals surface area contributed by atoms with E-state index >= 15 is 0 Å². The van der Waals surface area contributed by atoms with Crippen LogP contribution in [-0.2, 0) is 6.42 Å². The molecule has 27 heavy (non-hydrogen) atoms. The van der Waals surface area contributed by atoms with Crippen molar-refractivity contribution in [2.24, 2.45) is 0 Å². The molecule has 138 valence electrons. The Balaban J connectivity index is 1.55. The molecule has 5 nitrogen and oxygen atoms in total. The van der Waals surface area contributed by atoms with Gasteiger partial charge >= 0.3 is 0 Å². The maximum atomic E-state index is 13.0. The molecule has 1 unspecified atom stereocenters. The maximum Gasteiger partial charge on any atom is 0.273 e. The molecule has 1 aliphatic heterocycles. The van der Waals surface area contributed by atoms with Crippen LogP contribution in [0.15, 0.2) is 53.2 Å². The molecule has 0 saturated carbocycles. The Bertz CT molecular complexity index is 969. The molecule has 0 N–H and O–H groups in total. The minimum Gasteiger partial charge on any atom is -0.443 e. The fourth-order valence-corrected chi connectivity index (χ4v) is 3.70. The summed E-state index contributed by atoms with van der Waals surface area (Å²) >= 11 is 6.23. The van der Waals surface area contributed by atoms with Gasteiger partial charge in [-0.1, -0.05) is 35.9 Å². The lowest BCUT2D eigenvalue weighted by atomic mass is 10.1. The van der Waals surface area contributed by atoms with E-state index in [0.29, 0.717) is 29.6 Å². The van der Waals surface area contributed by atoms with Gasteiger partial charge in [-0.05, 0) is 43.0 Å². The monoisotopic (exact) mass is 381 g/mol. The topological polar surface area (TPSA) is 59.2 Å². The molecule has 0 radical (unpaired) electrons. The van der Waals surface area contributed by atoms with E-state index in [1.165, 1.54) is 0 Å². The van der Waals surface area contributed by atoms with Crippen molar-refractivity contribution in [3.63, 3.8) is 0 Å². The normalized spacial score (nSPS) is 16.7. The highest BCUT2D eigenvalue weighted by Crippen LogP contribution is 2.33. The van der Waals surface area contributed by atoms with Crippen molar-refractivity contribution in [2.45, 2.75) is 32.2 Å². The van der Waals surface area contributed by atoms with E-state index in [2.05, 4.69) is 9.97 Å². The molecule has 1 saturated heterocycles. The van der Waals surface area contributed by atoms with E-state index in [4.69, 9.17) is 16.0 Å². The van der Waals surface area contributed by atoms with Gasteiger partial charge in [-0.3, -0.25) is 9.78 Å². The zero-order chi connectivity index (χ0) is 18.8. The Hall–Kier alpha value is -2.66. The minimum absolute atomic E-state index is 0.0681. The van der Waals surface area contributed by atoms with E-state index in [1.54, 1.807) is 12.4 Å². The first kappa shape index (κ1) is 17.7. The van der Waals surface area contributed by atoms with Crippen LogP contribution in [0.1, 0.15) is 52.1 Å². The molecule has 1 aliphatic rings. The summed E-state index contributed by atoms with van der Waals surface area (Å²) in [6.45, 7) is 2.58. The molecule has 1 atom stereocenters. The fourth-order valence-electron chi connectivity index (χ4n) is 3.50. The van der Waals surface area contributed by atoms with Crippen molar-refractivity contribution in [2.75, 3.05) is 6.54 Å². The second kappa shape index (κ2) is 7.53. The highest BCUT2D eigenvalue weighted by Gasteiger charge is 2.34. The number of rotatable bonds is 4. The number of benzene rings is 1. The van der Waals surface area contributed by atoms with Crippen molar-refractivity contribution >= 4 is 17.5 Å². The van der Waals surface area contributed by atoms with Crippen LogP contribution in [0.5, 0.6) is 0 Å². The Morgan fingerprint density at radius 2 is 2.11 bits per heavy atom. The highest BCUT2D eigenvalue weighted by atomic mass is 35.5. The predicted octanol–water partition coefficient (Wildman–Crippen LogP) is 4.60. The van der Waals surface area contributed by atoms with Gasteiger partial charge < -0.3 is 9.32 Å². The first-order valence-electron chi connectivity index (χ1n) is 9.04. The third-order valence-corrected chi connectivity index (χ3v) is 5.27. The van der Waals surface area contributed by atoms with Gasteiger partial charge in [-0.15, -0.1) is 0 Å². The number of hydrogen-bond donors (Lipinski definition) is 0. The lowest BCUT2D eigenvalue weighted by Crippen LogP contribution is -2.31. The molecule has 1 amide bonds. The molecule has 3 aromatic rings. The van der Waals surface area contributed by atoms with Crippen LogP contribution in [0, 0.1) is 6.92 Å². The van der Waals surface area contributed by atoms with E-state index in [1.807, 2.05) is 48.2 Å². The van der Waals surface area contributed by atoms with Gasteiger partial charge in [0.25, 0.3) is 5.91 Å². The van der Waals surface area contributed by atoms with Crippen molar-refractivity contribution in [3.05, 3.63) is 82.3 Å². The number of likely N-dealkylation sites (tertiary alicyclic amines) is 1. The quantitative estimate of drug-likeness (QED) is 0.662. The lowest BCUT2D eigenvalue weighted by Gasteiger charge is -2.22. The van der Waals surface area contributed by atoms with Gasteiger partial charge in [0.15, 0.2) is 0 Å². The Morgan fingerprint density at radius 3 is 2.93 bits per heavy atom. The lowest BCUT2D eigenvalue weighted by molar-refractivity contribution is 0.0708. The summed E-state index contributed by atoms with van der Waals surface area (Å²) in [5.74, 6) is 1.25. The molecule has 4 rings (SSSR count). The van der Waals surface area contributed by atoms with Crippen molar-refractivity contribution in [1.82, 2.24) is 14.9 Å². The largest absolute Gasteiger partial charge is 0.443 e. The highest BCUT2D eigenvalue weighted by molar-refractivity contribution is 6.31. The summed E-state index contributed by atoms with van der Waals surface area (Å²) in [7, 11) is 0. The van der Waals surface area contributed by atoms with E-state index in [0.717, 1.165) is 29.7 Å². The SMILES string of the molecule is Cc1cccnc1C(=O)N1CCCC1c1ncc(Cc2ccccc2Cl)o1. The van der Waals surface area contributed by atoms with Gasteiger partial charge in [-0.25, -0.2) is 4.98 Å². The zero-order valence-corrected chi connectivity index (χ0v) is 15.8. The number of halogens is 1. The number of nitrogens with zero attached hydrogens (tertiary/aromatic N) is 3. The number of hydrogen-bond acceptors (Lipinski definition) is 4. The first-order valence-corrected chi connectivity index (χ1v) is 9.42. The second-order valence-corrected chi connectivity index (χ2v) is 7.17. The first-order chi connectivity index (χ1) is 13.1. The molecule has 1 aromatic carbocycles. The number of aryl methyl sites for hydroxylation is 1. The summed E-state index contributed by atoms with van der Waals surface area (Å²) in [6, 6.07) is 11.3. The van der Waals surface area contributed by atoms with Crippen LogP contribution in [0.3, 0.4) is 0 Å². The van der Waals surface area contributed by atoms with Crippen LogP contribution in [-0.4, -0.2) is 27.3 Å². The van der Waals surface area contributed by atoms with Crippen molar-refractivity contribution in [1.29, 1.82) is 0 Å². The summed E-state index contributed by atoms with van der Waals surface area (Å²) in [5.41, 5.74) is 2.36. The molecular weight excluding hydrogens is 362 g/mol. The van der Waals surface area contributed by atoms with Gasteiger partial charge in [0.1, 0.15) is 17.5 Å². The molecule has 1 fully saturated rings. The number of carbonyl (C=O) groups is 1. The predicted molar refractivity (Wildman–Crippen MR) is 103 cm³/mol. The Kier molecular flexibility index (Phi) is 4.94. The summed E-state index contributed by atoms with van der Waals surface area (Å²) in [4.78, 5) is 23.5. The zero-order valence-electron chi connectivity index (χ0n) is 15.1. The molecule has 6 heteroatoms. The van der Waals surface area contributed by atoms with Crippen LogP contribution in [0.25, 0.3) is 0 Å². The average molecular weight is 382 g/mol. The third-order valence-electron chi connectivity index (χ3n) is 4.90. The smallest absolute Gasteiger partial charge is 0.273 e. The Morgan fingerprint density at radius 1 is 1.26 bits per heavy atom. The van der Waals surface area contributed by atoms with Crippen LogP contribution < -0.4 is 0 Å². The summed E-state index contributed by atoms with van der Waals surface area (Å²) < 4.78 is 5.99. The van der Waals surface area contributed by atoms with Gasteiger partial charge in [0.05, 0.1) is 6.20 Å². The average Bonchev–Trinajstić information content (AvgIpc) is 3.32. The molecule has 0 spiro atoms. The van der Waals surface area contributed by atoms with Crippen molar-refractivity contribution < 1.29 is 9.21 Å². The maximum absolute atomic E-state index is 13.0. The number of carbonyl (C=O) groups excluding carboxylic acids is 1. The fraction of sp³-hybridized carbons (Fsp3) is 0.286. The molecule has 0 aliphatic carbocycles. The van der Waals surface area contributed by atoms with Crippen molar-refractivity contribution in [3.8, 4) is 0 Å². The third kappa shape index (κ3) is 3.60.